The molecular formula is C20H28N4O3. The number of amides is 1. The van der Waals surface area contributed by atoms with E-state index in [0.717, 1.165) is 16.9 Å². The summed E-state index contributed by atoms with van der Waals surface area (Å²) in [4.78, 5) is 23.7. The van der Waals surface area contributed by atoms with Crippen molar-refractivity contribution in [3.8, 4) is 5.69 Å². The molecule has 0 aliphatic carbocycles. The number of aliphatic carboxylic acids is 1. The molecule has 0 unspecified atom stereocenters. The Labute approximate surface area is 159 Å². The Bertz CT molecular complexity index is 811. The number of carboxylic acids is 1. The third kappa shape index (κ3) is 4.95. The van der Waals surface area contributed by atoms with Crippen LogP contribution >= 0.6 is 0 Å². The summed E-state index contributed by atoms with van der Waals surface area (Å²) in [6.45, 7) is 9.45. The molecule has 7 nitrogen and oxygen atoms in total. The van der Waals surface area contributed by atoms with Crippen molar-refractivity contribution in [1.29, 1.82) is 0 Å². The maximum absolute atomic E-state index is 12.3. The number of nitrogens with zero attached hydrogens (tertiary/aromatic N) is 2. The lowest BCUT2D eigenvalue weighted by Gasteiger charge is -2.19. The van der Waals surface area contributed by atoms with Gasteiger partial charge in [0.15, 0.2) is 0 Å². The minimum Gasteiger partial charge on any atom is -0.480 e. The molecule has 7 heteroatoms. The van der Waals surface area contributed by atoms with E-state index in [1.807, 2.05) is 58.9 Å². The fraction of sp³-hybridized carbons (Fsp3) is 0.450. The van der Waals surface area contributed by atoms with Gasteiger partial charge in [-0.1, -0.05) is 38.0 Å². The molecule has 0 radical (unpaired) electrons. The summed E-state index contributed by atoms with van der Waals surface area (Å²) in [5.41, 5.74) is 4.26. The molecule has 3 N–H and O–H groups in total. The lowest BCUT2D eigenvalue weighted by molar-refractivity contribution is -0.140. The Morgan fingerprint density at radius 2 is 1.81 bits per heavy atom. The van der Waals surface area contributed by atoms with E-state index in [-0.39, 0.29) is 18.4 Å². The van der Waals surface area contributed by atoms with E-state index in [4.69, 9.17) is 0 Å². The van der Waals surface area contributed by atoms with Gasteiger partial charge in [-0.25, -0.2) is 4.68 Å². The van der Waals surface area contributed by atoms with Crippen molar-refractivity contribution in [2.45, 2.75) is 47.1 Å². The van der Waals surface area contributed by atoms with E-state index in [9.17, 15) is 14.7 Å². The number of hydrogen-bond donors (Lipinski definition) is 3. The van der Waals surface area contributed by atoms with Crippen LogP contribution < -0.4 is 10.6 Å². The highest BCUT2D eigenvalue weighted by Crippen LogP contribution is 2.23. The van der Waals surface area contributed by atoms with E-state index in [0.29, 0.717) is 17.8 Å². The van der Waals surface area contributed by atoms with Crippen molar-refractivity contribution in [2.24, 2.45) is 5.92 Å². The third-order valence-electron chi connectivity index (χ3n) is 4.80. The molecule has 1 amide bonds. The highest BCUT2D eigenvalue weighted by atomic mass is 16.4. The lowest BCUT2D eigenvalue weighted by atomic mass is 9.99. The van der Waals surface area contributed by atoms with Crippen LogP contribution in [0.5, 0.6) is 0 Å². The Kier molecular flexibility index (Phi) is 6.74. The van der Waals surface area contributed by atoms with Gasteiger partial charge in [0, 0.05) is 0 Å². The first-order valence-electron chi connectivity index (χ1n) is 9.13. The number of aryl methyl sites for hydroxylation is 2. The monoisotopic (exact) mass is 372 g/mol. The lowest BCUT2D eigenvalue weighted by Crippen LogP contribution is -2.45. The van der Waals surface area contributed by atoms with E-state index in [1.54, 1.807) is 4.68 Å². The molecule has 2 aromatic rings. The largest absolute Gasteiger partial charge is 0.480 e. The number of carbonyl (C=O) groups is 2. The van der Waals surface area contributed by atoms with Gasteiger partial charge in [0.1, 0.15) is 6.04 Å². The quantitative estimate of drug-likeness (QED) is 0.662. The first-order valence-corrected chi connectivity index (χ1v) is 9.13. The van der Waals surface area contributed by atoms with Gasteiger partial charge in [-0.05, 0) is 38.8 Å². The van der Waals surface area contributed by atoms with Gasteiger partial charge >= 0.3 is 5.97 Å². The molecule has 2 rings (SSSR count). The van der Waals surface area contributed by atoms with Crippen LogP contribution in [0.15, 0.2) is 24.3 Å². The van der Waals surface area contributed by atoms with E-state index in [1.165, 1.54) is 0 Å². The standard InChI is InChI=1S/C20H28N4O3/c1-6-13(3)18(20(26)27)21-11-17(25)22-19-14(4)23-24(15(19)5)16-9-7-12(2)8-10-16/h7-10,13,18,21H,6,11H2,1-5H3,(H,22,25)(H,26,27)/t13-,18-/m0/s1. The van der Waals surface area contributed by atoms with Gasteiger partial charge in [-0.3, -0.25) is 14.9 Å². The first-order chi connectivity index (χ1) is 12.7. The Balaban J connectivity index is 2.10. The summed E-state index contributed by atoms with van der Waals surface area (Å²) in [5, 5.41) is 19.5. The van der Waals surface area contributed by atoms with Crippen LogP contribution in [0.2, 0.25) is 0 Å². The number of carbonyl (C=O) groups excluding carboxylic acids is 1. The number of nitrogens with one attached hydrogen (secondary N) is 2. The van der Waals surface area contributed by atoms with Gasteiger partial charge in [0.05, 0.1) is 29.3 Å². The molecule has 1 aromatic carbocycles. The zero-order valence-electron chi connectivity index (χ0n) is 16.5. The Morgan fingerprint density at radius 3 is 2.37 bits per heavy atom. The summed E-state index contributed by atoms with van der Waals surface area (Å²) in [7, 11) is 0. The number of anilines is 1. The van der Waals surface area contributed by atoms with Crippen molar-refractivity contribution in [3.63, 3.8) is 0 Å². The molecule has 1 aromatic heterocycles. The maximum atomic E-state index is 12.3. The van der Waals surface area contributed by atoms with Crippen molar-refractivity contribution in [2.75, 3.05) is 11.9 Å². The summed E-state index contributed by atoms with van der Waals surface area (Å²) >= 11 is 0. The van der Waals surface area contributed by atoms with Crippen molar-refractivity contribution in [1.82, 2.24) is 15.1 Å². The molecule has 0 saturated heterocycles. The molecule has 27 heavy (non-hydrogen) atoms. The van der Waals surface area contributed by atoms with E-state index in [2.05, 4.69) is 15.7 Å². The first kappa shape index (κ1) is 20.6. The normalized spacial score (nSPS) is 13.2. The van der Waals surface area contributed by atoms with Gasteiger partial charge in [0.25, 0.3) is 0 Å². The topological polar surface area (TPSA) is 96.3 Å². The molecule has 0 spiro atoms. The number of hydrogen-bond acceptors (Lipinski definition) is 4. The average Bonchev–Trinajstić information content (AvgIpc) is 2.90. The van der Waals surface area contributed by atoms with E-state index < -0.39 is 12.0 Å². The Morgan fingerprint density at radius 1 is 1.19 bits per heavy atom. The summed E-state index contributed by atoms with van der Waals surface area (Å²) in [6.07, 6.45) is 0.715. The van der Waals surface area contributed by atoms with Gasteiger partial charge in [-0.15, -0.1) is 0 Å². The molecular weight excluding hydrogens is 344 g/mol. The van der Waals surface area contributed by atoms with Crippen LogP contribution in [0.4, 0.5) is 5.69 Å². The molecule has 146 valence electrons. The van der Waals surface area contributed by atoms with E-state index >= 15 is 0 Å². The SMILES string of the molecule is CC[C@H](C)[C@H](NCC(=O)Nc1c(C)nn(-c2ccc(C)cc2)c1C)C(=O)O. The van der Waals surface area contributed by atoms with Crippen LogP contribution in [0.3, 0.4) is 0 Å². The molecule has 0 bridgehead atoms. The predicted molar refractivity (Wildman–Crippen MR) is 105 cm³/mol. The molecule has 0 aliphatic rings. The molecule has 1 heterocycles. The maximum Gasteiger partial charge on any atom is 0.320 e. The summed E-state index contributed by atoms with van der Waals surface area (Å²) < 4.78 is 1.79. The second-order valence-corrected chi connectivity index (χ2v) is 6.92. The third-order valence-corrected chi connectivity index (χ3v) is 4.80. The molecule has 0 fully saturated rings. The zero-order chi connectivity index (χ0) is 20.1. The summed E-state index contributed by atoms with van der Waals surface area (Å²) in [5.74, 6) is -1.31. The van der Waals surface area contributed by atoms with Gasteiger partial charge in [-0.2, -0.15) is 5.10 Å². The summed E-state index contributed by atoms with van der Waals surface area (Å²) in [6, 6.07) is 7.22. The Hall–Kier alpha value is -2.67. The van der Waals surface area contributed by atoms with Crippen molar-refractivity contribution >= 4 is 17.6 Å². The number of benzene rings is 1. The second-order valence-electron chi connectivity index (χ2n) is 6.92. The number of aromatic nitrogens is 2. The van der Waals surface area contributed by atoms with Crippen LogP contribution in [0.1, 0.15) is 37.2 Å². The van der Waals surface area contributed by atoms with Crippen LogP contribution in [-0.4, -0.2) is 39.4 Å². The molecule has 2 atom stereocenters. The van der Waals surface area contributed by atoms with Crippen LogP contribution in [-0.2, 0) is 9.59 Å². The number of rotatable bonds is 8. The molecule has 0 saturated carbocycles. The zero-order valence-corrected chi connectivity index (χ0v) is 16.5. The fourth-order valence-electron chi connectivity index (χ4n) is 2.91. The second kappa shape index (κ2) is 8.81. The fourth-order valence-corrected chi connectivity index (χ4v) is 2.91. The average molecular weight is 372 g/mol. The van der Waals surface area contributed by atoms with Gasteiger partial charge < -0.3 is 10.4 Å². The highest BCUT2D eigenvalue weighted by Gasteiger charge is 2.24. The van der Waals surface area contributed by atoms with Crippen LogP contribution in [0, 0.1) is 26.7 Å². The molecule has 0 aliphatic heterocycles. The van der Waals surface area contributed by atoms with Crippen molar-refractivity contribution in [3.05, 3.63) is 41.2 Å². The predicted octanol–water partition coefficient (Wildman–Crippen LogP) is 2.82. The number of carboxylic acid groups (broad SMARTS) is 1. The minimum atomic E-state index is -0.947. The highest BCUT2D eigenvalue weighted by molar-refractivity contribution is 5.93. The minimum absolute atomic E-state index is 0.0666. The van der Waals surface area contributed by atoms with Crippen LogP contribution in [0.25, 0.3) is 5.69 Å². The van der Waals surface area contributed by atoms with Gasteiger partial charge in [0.2, 0.25) is 5.91 Å². The van der Waals surface area contributed by atoms with Crippen molar-refractivity contribution < 1.29 is 14.7 Å². The smallest absolute Gasteiger partial charge is 0.320 e.